The molecule has 0 saturated carbocycles. The van der Waals surface area contributed by atoms with Gasteiger partial charge in [-0.15, -0.1) is 0 Å². The summed E-state index contributed by atoms with van der Waals surface area (Å²) >= 11 is 0. The molecule has 0 radical (unpaired) electrons. The smallest absolute Gasteiger partial charge is 0.412 e. The molecule has 0 aliphatic carbocycles. The number of hydrazone groups is 1. The van der Waals surface area contributed by atoms with E-state index in [2.05, 4.69) is 20.6 Å². The number of hydrogen-bond donors (Lipinski definition) is 2. The van der Waals surface area contributed by atoms with Crippen LogP contribution in [0.4, 0.5) is 4.79 Å². The summed E-state index contributed by atoms with van der Waals surface area (Å²) in [5.41, 5.74) is 2.60. The molecule has 0 spiro atoms. The molecule has 5 nitrogen and oxygen atoms in total. The highest BCUT2D eigenvalue weighted by Crippen LogP contribution is 1.89. The molecular formula is C7H9N3O2. The second-order valence-corrected chi connectivity index (χ2v) is 1.97. The lowest BCUT2D eigenvalue weighted by atomic mass is 10.5. The van der Waals surface area contributed by atoms with Gasteiger partial charge in [0, 0.05) is 6.21 Å². The number of ether oxygens (including phenoxy) is 1. The molecule has 0 aromatic rings. The lowest BCUT2D eigenvalue weighted by molar-refractivity contribution is 0.173. The van der Waals surface area contributed by atoms with Gasteiger partial charge in [-0.05, 0) is 12.2 Å². The molecule has 1 rings (SSSR count). The first-order chi connectivity index (χ1) is 5.83. The number of hydrogen-bond acceptors (Lipinski definition) is 4. The molecule has 0 unspecified atom stereocenters. The molecule has 1 aliphatic rings. The summed E-state index contributed by atoms with van der Waals surface area (Å²) in [4.78, 5) is 10.7. The average Bonchev–Trinajstić information content (AvgIpc) is 2.33. The van der Waals surface area contributed by atoms with Crippen LogP contribution in [0.5, 0.6) is 0 Å². The molecule has 0 saturated heterocycles. The number of rotatable bonds is 1. The van der Waals surface area contributed by atoms with Crippen LogP contribution in [0, 0.1) is 0 Å². The van der Waals surface area contributed by atoms with Crippen molar-refractivity contribution in [2.45, 2.75) is 0 Å². The first-order valence-electron chi connectivity index (χ1n) is 3.34. The van der Waals surface area contributed by atoms with E-state index < -0.39 is 6.09 Å². The molecule has 0 bridgehead atoms. The van der Waals surface area contributed by atoms with Gasteiger partial charge in [0.05, 0.1) is 7.11 Å². The Kier molecular flexibility index (Phi) is 2.89. The van der Waals surface area contributed by atoms with Gasteiger partial charge >= 0.3 is 6.09 Å². The summed E-state index contributed by atoms with van der Waals surface area (Å²) < 4.78 is 4.39. The van der Waals surface area contributed by atoms with Crippen LogP contribution in [0.3, 0.4) is 0 Å². The van der Waals surface area contributed by atoms with Crippen molar-refractivity contribution in [2.75, 3.05) is 7.11 Å². The fraction of sp³-hybridized carbons (Fsp3) is 0.143. The van der Waals surface area contributed by atoms with Gasteiger partial charge in [-0.25, -0.2) is 4.79 Å². The SMILES string of the molecule is COC(=O)NC1=CC=CC=NN1. The van der Waals surface area contributed by atoms with Crippen molar-refractivity contribution in [2.24, 2.45) is 5.10 Å². The molecule has 5 heteroatoms. The molecule has 0 atom stereocenters. The summed E-state index contributed by atoms with van der Waals surface area (Å²) in [6.45, 7) is 0. The van der Waals surface area contributed by atoms with Crippen molar-refractivity contribution in [3.63, 3.8) is 0 Å². The van der Waals surface area contributed by atoms with Crippen LogP contribution in [0.15, 0.2) is 29.2 Å². The molecule has 2 N–H and O–H groups in total. The number of amides is 1. The van der Waals surface area contributed by atoms with E-state index in [4.69, 9.17) is 0 Å². The molecule has 1 heterocycles. The molecule has 0 aromatic heterocycles. The van der Waals surface area contributed by atoms with Gasteiger partial charge < -0.3 is 4.74 Å². The fourth-order valence-electron chi connectivity index (χ4n) is 0.619. The summed E-state index contributed by atoms with van der Waals surface area (Å²) in [6, 6.07) is 0. The van der Waals surface area contributed by atoms with Crippen molar-refractivity contribution in [3.05, 3.63) is 24.0 Å². The Morgan fingerprint density at radius 1 is 1.67 bits per heavy atom. The van der Waals surface area contributed by atoms with Crippen LogP contribution in [0.2, 0.25) is 0 Å². The van der Waals surface area contributed by atoms with E-state index in [9.17, 15) is 4.79 Å². The van der Waals surface area contributed by atoms with Crippen LogP contribution in [0.25, 0.3) is 0 Å². The van der Waals surface area contributed by atoms with E-state index >= 15 is 0 Å². The fourth-order valence-corrected chi connectivity index (χ4v) is 0.619. The summed E-state index contributed by atoms with van der Waals surface area (Å²) in [6.07, 6.45) is 6.19. The second-order valence-electron chi connectivity index (χ2n) is 1.97. The monoisotopic (exact) mass is 167 g/mol. The maximum atomic E-state index is 10.7. The first kappa shape index (κ1) is 8.32. The largest absolute Gasteiger partial charge is 0.453 e. The second kappa shape index (κ2) is 4.17. The Hall–Kier alpha value is -1.78. The number of nitrogens with zero attached hydrogens (tertiary/aromatic N) is 1. The van der Waals surface area contributed by atoms with Gasteiger partial charge in [-0.2, -0.15) is 5.10 Å². The van der Waals surface area contributed by atoms with E-state index in [0.717, 1.165) is 0 Å². The zero-order chi connectivity index (χ0) is 8.81. The Labute approximate surface area is 69.8 Å². The van der Waals surface area contributed by atoms with Crippen LogP contribution >= 0.6 is 0 Å². The van der Waals surface area contributed by atoms with Crippen molar-refractivity contribution < 1.29 is 9.53 Å². The number of allylic oxidation sites excluding steroid dienone is 3. The van der Waals surface area contributed by atoms with Crippen molar-refractivity contribution in [1.82, 2.24) is 10.7 Å². The topological polar surface area (TPSA) is 62.7 Å². The van der Waals surface area contributed by atoms with E-state index in [1.54, 1.807) is 24.4 Å². The number of nitrogens with one attached hydrogen (secondary N) is 2. The number of carbonyl (C=O) groups excluding carboxylic acids is 1. The maximum Gasteiger partial charge on any atom is 0.412 e. The third-order valence-corrected chi connectivity index (χ3v) is 1.14. The minimum Gasteiger partial charge on any atom is -0.453 e. The van der Waals surface area contributed by atoms with Crippen LogP contribution in [-0.4, -0.2) is 19.4 Å². The van der Waals surface area contributed by atoms with Gasteiger partial charge in [0.15, 0.2) is 0 Å². The summed E-state index contributed by atoms with van der Waals surface area (Å²) in [5, 5.41) is 6.17. The highest BCUT2D eigenvalue weighted by Gasteiger charge is 2.01. The average molecular weight is 167 g/mol. The molecule has 1 amide bonds. The highest BCUT2D eigenvalue weighted by molar-refractivity contribution is 5.73. The number of carbonyl (C=O) groups is 1. The number of methoxy groups -OCH3 is 1. The Morgan fingerprint density at radius 2 is 2.50 bits per heavy atom. The van der Waals surface area contributed by atoms with Crippen molar-refractivity contribution in [3.8, 4) is 0 Å². The van der Waals surface area contributed by atoms with Crippen LogP contribution in [0.1, 0.15) is 0 Å². The minimum atomic E-state index is -0.528. The normalized spacial score (nSPS) is 14.2. The Bertz CT molecular complexity index is 255. The van der Waals surface area contributed by atoms with Gasteiger partial charge in [0.25, 0.3) is 0 Å². The summed E-state index contributed by atoms with van der Waals surface area (Å²) in [7, 11) is 1.30. The lowest BCUT2D eigenvalue weighted by Gasteiger charge is -2.05. The van der Waals surface area contributed by atoms with Crippen LogP contribution in [-0.2, 0) is 4.74 Å². The van der Waals surface area contributed by atoms with Crippen LogP contribution < -0.4 is 10.7 Å². The molecule has 64 valence electrons. The minimum absolute atomic E-state index is 0.479. The van der Waals surface area contributed by atoms with Gasteiger partial charge in [-0.3, -0.25) is 10.7 Å². The Morgan fingerprint density at radius 3 is 3.25 bits per heavy atom. The molecule has 1 aliphatic heterocycles. The number of alkyl carbamates (subject to hydrolysis) is 1. The van der Waals surface area contributed by atoms with E-state index in [-0.39, 0.29) is 0 Å². The summed E-state index contributed by atoms with van der Waals surface area (Å²) in [5.74, 6) is 0.479. The van der Waals surface area contributed by atoms with E-state index in [0.29, 0.717) is 5.82 Å². The Balaban J connectivity index is 2.52. The third kappa shape index (κ3) is 2.45. The van der Waals surface area contributed by atoms with Crippen molar-refractivity contribution >= 4 is 12.3 Å². The molecule has 12 heavy (non-hydrogen) atoms. The zero-order valence-electron chi connectivity index (χ0n) is 6.57. The van der Waals surface area contributed by atoms with Crippen molar-refractivity contribution in [1.29, 1.82) is 0 Å². The molecule has 0 fully saturated rings. The molecule has 0 aromatic carbocycles. The lowest BCUT2D eigenvalue weighted by Crippen LogP contribution is -2.28. The maximum absolute atomic E-state index is 10.7. The van der Waals surface area contributed by atoms with Gasteiger partial charge in [0.1, 0.15) is 5.82 Å². The highest BCUT2D eigenvalue weighted by atomic mass is 16.5. The first-order valence-corrected chi connectivity index (χ1v) is 3.34. The van der Waals surface area contributed by atoms with Gasteiger partial charge in [0.2, 0.25) is 0 Å². The standard InChI is InChI=1S/C7H9N3O2/c1-12-7(11)9-6-4-2-3-5-8-10-6/h2-5,10H,1H3,(H,9,11). The zero-order valence-corrected chi connectivity index (χ0v) is 6.57. The predicted octanol–water partition coefficient (Wildman–Crippen LogP) is 0.329. The predicted molar refractivity (Wildman–Crippen MR) is 44.4 cm³/mol. The van der Waals surface area contributed by atoms with Gasteiger partial charge in [-0.1, -0.05) is 6.08 Å². The quantitative estimate of drug-likeness (QED) is 0.591. The molecular weight excluding hydrogens is 158 g/mol. The third-order valence-electron chi connectivity index (χ3n) is 1.14. The van der Waals surface area contributed by atoms with E-state index in [1.807, 2.05) is 0 Å². The van der Waals surface area contributed by atoms with E-state index in [1.165, 1.54) is 7.11 Å².